The van der Waals surface area contributed by atoms with E-state index in [1.807, 2.05) is 31.3 Å². The van der Waals surface area contributed by atoms with E-state index in [1.54, 1.807) is 21.8 Å². The molecule has 0 saturated carbocycles. The van der Waals surface area contributed by atoms with E-state index in [0.717, 1.165) is 31.5 Å². The van der Waals surface area contributed by atoms with Crippen molar-refractivity contribution in [2.75, 3.05) is 19.3 Å². The van der Waals surface area contributed by atoms with Gasteiger partial charge in [-0.25, -0.2) is 4.68 Å². The summed E-state index contributed by atoms with van der Waals surface area (Å²) in [5.74, 6) is -0.0474. The summed E-state index contributed by atoms with van der Waals surface area (Å²) in [6.07, 6.45) is 5.08. The lowest BCUT2D eigenvalue weighted by Gasteiger charge is -2.15. The molecule has 2 N–H and O–H groups in total. The molecule has 5 heteroatoms. The average molecular weight is 286 g/mol. The maximum Gasteiger partial charge on any atom is 0.274 e. The number of anilines is 1. The number of hydrogen-bond donors (Lipinski definition) is 1. The van der Waals surface area contributed by atoms with Gasteiger partial charge in [-0.15, -0.1) is 0 Å². The van der Waals surface area contributed by atoms with Gasteiger partial charge in [-0.05, 0) is 30.7 Å². The van der Waals surface area contributed by atoms with Gasteiger partial charge in [0.05, 0.1) is 5.69 Å². The predicted molar refractivity (Wildman–Crippen MR) is 84.5 cm³/mol. The Hall–Kier alpha value is -2.30. The molecule has 1 aromatic carbocycles. The van der Waals surface area contributed by atoms with Crippen molar-refractivity contribution in [1.82, 2.24) is 14.7 Å². The lowest BCUT2D eigenvalue weighted by molar-refractivity contribution is 0.0786. The first-order valence-electron chi connectivity index (χ1n) is 7.29. The number of amides is 1. The summed E-state index contributed by atoms with van der Waals surface area (Å²) in [7, 11) is 1.82. The zero-order valence-corrected chi connectivity index (χ0v) is 12.6. The zero-order chi connectivity index (χ0) is 15.2. The summed E-state index contributed by atoms with van der Waals surface area (Å²) >= 11 is 0. The molecule has 21 heavy (non-hydrogen) atoms. The van der Waals surface area contributed by atoms with E-state index >= 15 is 0 Å². The summed E-state index contributed by atoms with van der Waals surface area (Å²) in [5, 5.41) is 4.34. The first-order valence-corrected chi connectivity index (χ1v) is 7.29. The number of carbonyl (C=O) groups is 1. The fourth-order valence-electron chi connectivity index (χ4n) is 2.15. The Balaban J connectivity index is 2.07. The summed E-state index contributed by atoms with van der Waals surface area (Å²) < 4.78 is 1.67. The molecule has 0 saturated heterocycles. The summed E-state index contributed by atoms with van der Waals surface area (Å²) in [5.41, 5.74) is 7.74. The maximum atomic E-state index is 12.3. The Morgan fingerprint density at radius 1 is 1.33 bits per heavy atom. The molecule has 1 amide bonds. The molecule has 5 nitrogen and oxygen atoms in total. The van der Waals surface area contributed by atoms with Gasteiger partial charge in [0.25, 0.3) is 5.91 Å². The van der Waals surface area contributed by atoms with Gasteiger partial charge in [0, 0.05) is 25.5 Å². The monoisotopic (exact) mass is 286 g/mol. The number of aromatic nitrogens is 2. The Morgan fingerprint density at radius 3 is 2.86 bits per heavy atom. The van der Waals surface area contributed by atoms with Crippen LogP contribution in [0, 0.1) is 0 Å². The summed E-state index contributed by atoms with van der Waals surface area (Å²) in [6, 6.07) is 9.15. The van der Waals surface area contributed by atoms with Crippen LogP contribution in [0.4, 0.5) is 5.69 Å². The third-order valence-electron chi connectivity index (χ3n) is 3.39. The maximum absolute atomic E-state index is 12.3. The molecule has 0 spiro atoms. The van der Waals surface area contributed by atoms with E-state index in [4.69, 9.17) is 5.73 Å². The molecule has 112 valence electrons. The molecule has 2 rings (SSSR count). The van der Waals surface area contributed by atoms with Gasteiger partial charge in [0.1, 0.15) is 0 Å². The highest BCUT2D eigenvalue weighted by atomic mass is 16.2. The van der Waals surface area contributed by atoms with Crippen LogP contribution in [-0.4, -0.2) is 34.2 Å². The van der Waals surface area contributed by atoms with Crippen molar-refractivity contribution >= 4 is 11.6 Å². The highest BCUT2D eigenvalue weighted by Gasteiger charge is 2.14. The van der Waals surface area contributed by atoms with Gasteiger partial charge in [0.15, 0.2) is 5.69 Å². The topological polar surface area (TPSA) is 64.2 Å². The third kappa shape index (κ3) is 3.84. The Kier molecular flexibility index (Phi) is 4.98. The van der Waals surface area contributed by atoms with Crippen molar-refractivity contribution in [2.45, 2.75) is 26.2 Å². The fourth-order valence-corrected chi connectivity index (χ4v) is 2.15. The van der Waals surface area contributed by atoms with Gasteiger partial charge in [-0.1, -0.05) is 25.8 Å². The van der Waals surface area contributed by atoms with Crippen LogP contribution in [0.3, 0.4) is 0 Å². The number of hydrogen-bond acceptors (Lipinski definition) is 3. The van der Waals surface area contributed by atoms with Gasteiger partial charge in [0.2, 0.25) is 0 Å². The molecule has 1 aromatic heterocycles. The molecule has 0 unspecified atom stereocenters. The van der Waals surface area contributed by atoms with E-state index in [2.05, 4.69) is 12.0 Å². The molecule has 0 atom stereocenters. The van der Waals surface area contributed by atoms with Crippen LogP contribution in [0.1, 0.15) is 36.7 Å². The summed E-state index contributed by atoms with van der Waals surface area (Å²) in [6.45, 7) is 2.91. The standard InChI is InChI=1S/C16H22N4O/c1-3-4-5-10-19(2)16(21)15-9-11-20(18-15)14-8-6-7-13(17)12-14/h6-9,11-12H,3-5,10,17H2,1-2H3. The number of unbranched alkanes of at least 4 members (excludes halogenated alkanes) is 2. The molecular formula is C16H22N4O. The molecule has 1 heterocycles. The van der Waals surface area contributed by atoms with Gasteiger partial charge < -0.3 is 10.6 Å². The fraction of sp³-hybridized carbons (Fsp3) is 0.375. The van der Waals surface area contributed by atoms with Crippen molar-refractivity contribution in [1.29, 1.82) is 0 Å². The number of nitrogen functional groups attached to an aromatic ring is 1. The first-order chi connectivity index (χ1) is 10.1. The molecule has 0 aliphatic heterocycles. The second-order valence-corrected chi connectivity index (χ2v) is 5.17. The highest BCUT2D eigenvalue weighted by molar-refractivity contribution is 5.92. The Bertz CT molecular complexity index is 606. The van der Waals surface area contributed by atoms with Crippen LogP contribution in [-0.2, 0) is 0 Å². The first kappa shape index (κ1) is 15.1. The number of nitrogens with two attached hydrogens (primary N) is 1. The number of benzene rings is 1. The smallest absolute Gasteiger partial charge is 0.274 e. The Labute approximate surface area is 125 Å². The van der Waals surface area contributed by atoms with Crippen LogP contribution in [0.25, 0.3) is 5.69 Å². The molecule has 0 aliphatic rings. The third-order valence-corrected chi connectivity index (χ3v) is 3.39. The van der Waals surface area contributed by atoms with E-state index in [-0.39, 0.29) is 5.91 Å². The highest BCUT2D eigenvalue weighted by Crippen LogP contribution is 2.12. The van der Waals surface area contributed by atoms with Crippen molar-refractivity contribution < 1.29 is 4.79 Å². The quantitative estimate of drug-likeness (QED) is 0.656. The van der Waals surface area contributed by atoms with Gasteiger partial charge in [-0.2, -0.15) is 5.10 Å². The predicted octanol–water partition coefficient (Wildman–Crippen LogP) is 2.72. The van der Waals surface area contributed by atoms with Crippen LogP contribution in [0.5, 0.6) is 0 Å². The van der Waals surface area contributed by atoms with E-state index < -0.39 is 0 Å². The Morgan fingerprint density at radius 2 is 2.14 bits per heavy atom. The second kappa shape index (κ2) is 6.92. The minimum atomic E-state index is -0.0474. The van der Waals surface area contributed by atoms with E-state index in [9.17, 15) is 4.79 Å². The van der Waals surface area contributed by atoms with E-state index in [0.29, 0.717) is 11.4 Å². The second-order valence-electron chi connectivity index (χ2n) is 5.17. The normalized spacial score (nSPS) is 10.6. The lowest BCUT2D eigenvalue weighted by Crippen LogP contribution is -2.28. The van der Waals surface area contributed by atoms with Crippen LogP contribution in [0.15, 0.2) is 36.5 Å². The SMILES string of the molecule is CCCCCN(C)C(=O)c1ccn(-c2cccc(N)c2)n1. The van der Waals surface area contributed by atoms with Crippen LogP contribution in [0.2, 0.25) is 0 Å². The number of carbonyl (C=O) groups excluding carboxylic acids is 1. The lowest BCUT2D eigenvalue weighted by atomic mass is 10.2. The van der Waals surface area contributed by atoms with Gasteiger partial charge >= 0.3 is 0 Å². The van der Waals surface area contributed by atoms with Crippen LogP contribution >= 0.6 is 0 Å². The minimum absolute atomic E-state index is 0.0474. The molecule has 0 fully saturated rings. The molecule has 0 radical (unpaired) electrons. The number of rotatable bonds is 6. The summed E-state index contributed by atoms with van der Waals surface area (Å²) in [4.78, 5) is 14.0. The zero-order valence-electron chi connectivity index (χ0n) is 12.6. The van der Waals surface area contributed by atoms with Crippen LogP contribution < -0.4 is 5.73 Å². The van der Waals surface area contributed by atoms with Crippen molar-refractivity contribution in [3.05, 3.63) is 42.2 Å². The molecule has 0 aliphatic carbocycles. The van der Waals surface area contributed by atoms with Gasteiger partial charge in [-0.3, -0.25) is 4.79 Å². The number of nitrogens with zero attached hydrogens (tertiary/aromatic N) is 3. The molecule has 0 bridgehead atoms. The van der Waals surface area contributed by atoms with Crippen molar-refractivity contribution in [3.8, 4) is 5.69 Å². The average Bonchev–Trinajstić information content (AvgIpc) is 2.96. The largest absolute Gasteiger partial charge is 0.399 e. The van der Waals surface area contributed by atoms with Crippen molar-refractivity contribution in [2.24, 2.45) is 0 Å². The molecule has 2 aromatic rings. The van der Waals surface area contributed by atoms with E-state index in [1.165, 1.54) is 0 Å². The van der Waals surface area contributed by atoms with Crippen molar-refractivity contribution in [3.63, 3.8) is 0 Å². The minimum Gasteiger partial charge on any atom is -0.399 e. The molecular weight excluding hydrogens is 264 g/mol.